The van der Waals surface area contributed by atoms with Crippen LogP contribution in [0.15, 0.2) is 48.7 Å². The zero-order valence-electron chi connectivity index (χ0n) is 12.1. The highest BCUT2D eigenvalue weighted by Gasteiger charge is 2.13. The van der Waals surface area contributed by atoms with Crippen molar-refractivity contribution in [3.8, 4) is 0 Å². The number of rotatable bonds is 2. The first kappa shape index (κ1) is 13.1. The number of amides is 1. The summed E-state index contributed by atoms with van der Waals surface area (Å²) in [6.45, 7) is 1.89. The highest BCUT2D eigenvalue weighted by atomic mass is 16.1. The van der Waals surface area contributed by atoms with Gasteiger partial charge in [-0.15, -0.1) is 0 Å². The van der Waals surface area contributed by atoms with Crippen molar-refractivity contribution in [3.63, 3.8) is 0 Å². The average molecular weight is 291 g/mol. The summed E-state index contributed by atoms with van der Waals surface area (Å²) in [4.78, 5) is 15.7. The number of carbonyl (C=O) groups excluding carboxylic acids is 1. The Morgan fingerprint density at radius 3 is 3.00 bits per heavy atom. The number of carbonyl (C=O) groups is 1. The summed E-state index contributed by atoms with van der Waals surface area (Å²) >= 11 is 0. The smallest absolute Gasteiger partial charge is 0.257 e. The van der Waals surface area contributed by atoms with E-state index in [4.69, 9.17) is 0 Å². The minimum atomic E-state index is -0.0863. The van der Waals surface area contributed by atoms with Gasteiger partial charge in [0.2, 0.25) is 0 Å². The predicted molar refractivity (Wildman–Crippen MR) is 88.1 cm³/mol. The van der Waals surface area contributed by atoms with Gasteiger partial charge in [-0.2, -0.15) is 0 Å². The molecule has 2 aromatic carbocycles. The van der Waals surface area contributed by atoms with Crippen LogP contribution in [0.1, 0.15) is 21.5 Å². The number of hydrogen-bond acceptors (Lipinski definition) is 2. The highest BCUT2D eigenvalue weighted by Crippen LogP contribution is 2.21. The van der Waals surface area contributed by atoms with E-state index in [9.17, 15) is 4.79 Å². The zero-order valence-corrected chi connectivity index (χ0v) is 12.1. The first-order chi connectivity index (χ1) is 10.8. The van der Waals surface area contributed by atoms with Gasteiger partial charge in [0.15, 0.2) is 0 Å². The second-order valence-corrected chi connectivity index (χ2v) is 5.61. The molecule has 3 aromatic rings. The summed E-state index contributed by atoms with van der Waals surface area (Å²) in [5.74, 6) is -0.0863. The zero-order chi connectivity index (χ0) is 14.9. The minimum absolute atomic E-state index is 0.0863. The first-order valence-corrected chi connectivity index (χ1v) is 7.51. The van der Waals surface area contributed by atoms with E-state index >= 15 is 0 Å². The molecule has 22 heavy (non-hydrogen) atoms. The third-order valence-electron chi connectivity index (χ3n) is 4.18. The normalized spacial score (nSPS) is 13.8. The van der Waals surface area contributed by atoms with Crippen molar-refractivity contribution in [1.29, 1.82) is 0 Å². The molecule has 0 radical (unpaired) electrons. The molecule has 0 saturated heterocycles. The number of hydrogen-bond donors (Lipinski definition) is 3. The molecule has 0 aliphatic carbocycles. The standard InChI is InChI=1S/C18H17N3O/c22-18(16-3-1-2-13-7-9-20-17(13)16)21-15-5-4-12-6-8-19-11-14(12)10-15/h1-5,7,9-10,19-20H,6,8,11H2,(H,21,22). The van der Waals surface area contributed by atoms with E-state index in [-0.39, 0.29) is 5.91 Å². The Bertz CT molecular complexity index is 850. The molecular formula is C18H17N3O. The van der Waals surface area contributed by atoms with Crippen molar-refractivity contribution in [2.45, 2.75) is 13.0 Å². The van der Waals surface area contributed by atoms with Crippen LogP contribution >= 0.6 is 0 Å². The fourth-order valence-corrected chi connectivity index (χ4v) is 3.03. The summed E-state index contributed by atoms with van der Waals surface area (Å²) in [6.07, 6.45) is 2.90. The highest BCUT2D eigenvalue weighted by molar-refractivity contribution is 6.12. The van der Waals surface area contributed by atoms with Crippen molar-refractivity contribution in [2.24, 2.45) is 0 Å². The van der Waals surface area contributed by atoms with Crippen molar-refractivity contribution in [1.82, 2.24) is 10.3 Å². The van der Waals surface area contributed by atoms with Crippen LogP contribution in [0.5, 0.6) is 0 Å². The van der Waals surface area contributed by atoms with Gasteiger partial charge in [0.25, 0.3) is 5.91 Å². The molecule has 3 N–H and O–H groups in total. The molecule has 1 aromatic heterocycles. The summed E-state index contributed by atoms with van der Waals surface area (Å²) < 4.78 is 0. The second-order valence-electron chi connectivity index (χ2n) is 5.61. The third-order valence-corrected chi connectivity index (χ3v) is 4.18. The van der Waals surface area contributed by atoms with Crippen LogP contribution in [-0.4, -0.2) is 17.4 Å². The number of aromatic amines is 1. The lowest BCUT2D eigenvalue weighted by atomic mass is 10.0. The largest absolute Gasteiger partial charge is 0.361 e. The quantitative estimate of drug-likeness (QED) is 0.679. The number of fused-ring (bicyclic) bond motifs is 2. The maximum atomic E-state index is 12.5. The molecule has 4 rings (SSSR count). The molecule has 110 valence electrons. The molecule has 1 aliphatic rings. The van der Waals surface area contributed by atoms with Gasteiger partial charge in [0.05, 0.1) is 11.1 Å². The van der Waals surface area contributed by atoms with Crippen LogP contribution in [0.4, 0.5) is 5.69 Å². The molecule has 0 saturated carbocycles. The van der Waals surface area contributed by atoms with Crippen LogP contribution in [0.3, 0.4) is 0 Å². The van der Waals surface area contributed by atoms with E-state index in [0.29, 0.717) is 5.56 Å². The average Bonchev–Trinajstić information content (AvgIpc) is 3.03. The summed E-state index contributed by atoms with van der Waals surface area (Å²) in [5.41, 5.74) is 5.01. The van der Waals surface area contributed by atoms with Crippen LogP contribution in [0, 0.1) is 0 Å². The Morgan fingerprint density at radius 1 is 1.09 bits per heavy atom. The van der Waals surface area contributed by atoms with Gasteiger partial charge in [0.1, 0.15) is 0 Å². The number of anilines is 1. The van der Waals surface area contributed by atoms with Gasteiger partial charge in [-0.3, -0.25) is 4.79 Å². The maximum absolute atomic E-state index is 12.5. The molecular weight excluding hydrogens is 274 g/mol. The Labute approximate surface area is 128 Å². The van der Waals surface area contributed by atoms with E-state index < -0.39 is 0 Å². The van der Waals surface area contributed by atoms with Crippen LogP contribution < -0.4 is 10.6 Å². The molecule has 1 aliphatic heterocycles. The second kappa shape index (κ2) is 5.31. The van der Waals surface area contributed by atoms with E-state index in [2.05, 4.69) is 27.8 Å². The fraction of sp³-hybridized carbons (Fsp3) is 0.167. The van der Waals surface area contributed by atoms with E-state index in [1.807, 2.05) is 36.5 Å². The van der Waals surface area contributed by atoms with Crippen molar-refractivity contribution >= 4 is 22.5 Å². The minimum Gasteiger partial charge on any atom is -0.361 e. The number of para-hydroxylation sites is 1. The van der Waals surface area contributed by atoms with Gasteiger partial charge in [-0.25, -0.2) is 0 Å². The summed E-state index contributed by atoms with van der Waals surface area (Å²) in [5, 5.41) is 7.40. The molecule has 0 bridgehead atoms. The Balaban J connectivity index is 1.63. The molecule has 0 unspecified atom stereocenters. The molecule has 2 heterocycles. The third kappa shape index (κ3) is 2.27. The van der Waals surface area contributed by atoms with Crippen LogP contribution in [0.2, 0.25) is 0 Å². The first-order valence-electron chi connectivity index (χ1n) is 7.51. The monoisotopic (exact) mass is 291 g/mol. The van der Waals surface area contributed by atoms with Crippen molar-refractivity contribution in [3.05, 3.63) is 65.4 Å². The van der Waals surface area contributed by atoms with Crippen LogP contribution in [0.25, 0.3) is 10.9 Å². The SMILES string of the molecule is O=C(Nc1ccc2c(c1)CNCC2)c1cccc2cc[nH]c12. The van der Waals surface area contributed by atoms with E-state index in [0.717, 1.165) is 36.1 Å². The molecule has 1 amide bonds. The van der Waals surface area contributed by atoms with Crippen molar-refractivity contribution < 1.29 is 4.79 Å². The fourth-order valence-electron chi connectivity index (χ4n) is 3.03. The van der Waals surface area contributed by atoms with Gasteiger partial charge < -0.3 is 15.6 Å². The Kier molecular flexibility index (Phi) is 3.16. The van der Waals surface area contributed by atoms with E-state index in [1.165, 1.54) is 11.1 Å². The van der Waals surface area contributed by atoms with Gasteiger partial charge in [-0.05, 0) is 48.4 Å². The van der Waals surface area contributed by atoms with Gasteiger partial charge in [0, 0.05) is 23.8 Å². The summed E-state index contributed by atoms with van der Waals surface area (Å²) in [7, 11) is 0. The number of H-pyrrole nitrogens is 1. The predicted octanol–water partition coefficient (Wildman–Crippen LogP) is 3.07. The molecule has 0 spiro atoms. The summed E-state index contributed by atoms with van der Waals surface area (Å²) in [6, 6.07) is 13.9. The molecule has 4 heteroatoms. The molecule has 0 fully saturated rings. The maximum Gasteiger partial charge on any atom is 0.257 e. The number of aromatic nitrogens is 1. The Hall–Kier alpha value is -2.59. The van der Waals surface area contributed by atoms with Gasteiger partial charge >= 0.3 is 0 Å². The van der Waals surface area contributed by atoms with Crippen LogP contribution in [-0.2, 0) is 13.0 Å². The van der Waals surface area contributed by atoms with Gasteiger partial charge in [-0.1, -0.05) is 18.2 Å². The molecule has 0 atom stereocenters. The van der Waals surface area contributed by atoms with E-state index in [1.54, 1.807) is 0 Å². The topological polar surface area (TPSA) is 56.9 Å². The molecule has 4 nitrogen and oxygen atoms in total. The lowest BCUT2D eigenvalue weighted by Gasteiger charge is -2.18. The van der Waals surface area contributed by atoms with Crippen molar-refractivity contribution in [2.75, 3.05) is 11.9 Å². The number of nitrogens with one attached hydrogen (secondary N) is 3. The lowest BCUT2D eigenvalue weighted by Crippen LogP contribution is -2.23. The number of benzene rings is 2. The lowest BCUT2D eigenvalue weighted by molar-refractivity contribution is 0.102. The Morgan fingerprint density at radius 2 is 2.05 bits per heavy atom.